The Kier molecular flexibility index (Phi) is 4.03. The highest BCUT2D eigenvalue weighted by Gasteiger charge is 2.45. The molecule has 0 unspecified atom stereocenters. The standard InChI is InChI=1S/C18H19NO4/c1-2-10-18(11-6-3-7-12-18)17(22)23-19-15(20)13-8-4-5-9-14(13)16(19)21/h2,4-5,8-9H,1,3,6-7,10-12H2. The minimum Gasteiger partial charge on any atom is -0.329 e. The monoisotopic (exact) mass is 313 g/mol. The SMILES string of the molecule is C=CCC1(C(=O)ON2C(=O)c3ccccc3C2=O)CCCCC1. The molecule has 1 aliphatic heterocycles. The van der Waals surface area contributed by atoms with E-state index in [1.54, 1.807) is 30.3 Å². The minimum atomic E-state index is -0.671. The Morgan fingerprint density at radius 2 is 1.70 bits per heavy atom. The highest BCUT2D eigenvalue weighted by atomic mass is 16.7. The molecule has 3 rings (SSSR count). The largest absolute Gasteiger partial charge is 0.339 e. The first-order valence-electron chi connectivity index (χ1n) is 7.90. The van der Waals surface area contributed by atoms with E-state index in [0.29, 0.717) is 24.3 Å². The lowest BCUT2D eigenvalue weighted by Crippen LogP contribution is -2.41. The second-order valence-electron chi connectivity index (χ2n) is 6.16. The van der Waals surface area contributed by atoms with Crippen molar-refractivity contribution in [3.8, 4) is 0 Å². The van der Waals surface area contributed by atoms with Gasteiger partial charge in [-0.2, -0.15) is 0 Å². The minimum absolute atomic E-state index is 0.270. The van der Waals surface area contributed by atoms with Crippen LogP contribution in [0.3, 0.4) is 0 Å². The number of benzene rings is 1. The first-order valence-corrected chi connectivity index (χ1v) is 7.90. The number of carbonyl (C=O) groups excluding carboxylic acids is 3. The van der Waals surface area contributed by atoms with Crippen LogP contribution in [-0.4, -0.2) is 22.8 Å². The normalized spacial score (nSPS) is 19.4. The van der Waals surface area contributed by atoms with E-state index in [1.165, 1.54) is 0 Å². The zero-order valence-corrected chi connectivity index (χ0v) is 12.9. The molecule has 2 aliphatic rings. The third kappa shape index (κ3) is 2.56. The summed E-state index contributed by atoms with van der Waals surface area (Å²) in [7, 11) is 0. The van der Waals surface area contributed by atoms with E-state index >= 15 is 0 Å². The summed E-state index contributed by atoms with van der Waals surface area (Å²) in [5.41, 5.74) is -0.131. The van der Waals surface area contributed by atoms with E-state index in [9.17, 15) is 14.4 Å². The second-order valence-corrected chi connectivity index (χ2v) is 6.16. The van der Waals surface area contributed by atoms with Gasteiger partial charge in [-0.3, -0.25) is 9.59 Å². The maximum absolute atomic E-state index is 12.7. The summed E-state index contributed by atoms with van der Waals surface area (Å²) in [5.74, 6) is -1.67. The molecule has 1 fully saturated rings. The van der Waals surface area contributed by atoms with Gasteiger partial charge in [-0.15, -0.1) is 6.58 Å². The van der Waals surface area contributed by atoms with Gasteiger partial charge >= 0.3 is 5.97 Å². The third-order valence-electron chi connectivity index (χ3n) is 4.71. The average molecular weight is 313 g/mol. The third-order valence-corrected chi connectivity index (χ3v) is 4.71. The molecule has 0 aromatic heterocycles. The number of amides is 2. The highest BCUT2D eigenvalue weighted by Crippen LogP contribution is 2.41. The summed E-state index contributed by atoms with van der Waals surface area (Å²) in [6.45, 7) is 3.72. The van der Waals surface area contributed by atoms with Gasteiger partial charge in [0.25, 0.3) is 11.8 Å². The van der Waals surface area contributed by atoms with Crippen molar-refractivity contribution in [2.24, 2.45) is 5.41 Å². The molecular weight excluding hydrogens is 294 g/mol. The van der Waals surface area contributed by atoms with E-state index in [2.05, 4.69) is 6.58 Å². The molecule has 0 atom stereocenters. The molecule has 0 spiro atoms. The van der Waals surface area contributed by atoms with Gasteiger partial charge in [-0.25, -0.2) is 4.79 Å². The number of rotatable bonds is 4. The number of carbonyl (C=O) groups is 3. The van der Waals surface area contributed by atoms with Crippen molar-refractivity contribution in [3.63, 3.8) is 0 Å². The van der Waals surface area contributed by atoms with E-state index < -0.39 is 23.2 Å². The number of hydrogen-bond donors (Lipinski definition) is 0. The molecule has 1 saturated carbocycles. The molecule has 1 aromatic carbocycles. The number of imide groups is 1. The highest BCUT2D eigenvalue weighted by molar-refractivity contribution is 6.20. The van der Waals surface area contributed by atoms with Gasteiger partial charge in [0, 0.05) is 0 Å². The van der Waals surface area contributed by atoms with Gasteiger partial charge in [-0.05, 0) is 31.4 Å². The van der Waals surface area contributed by atoms with Gasteiger partial charge in [0.2, 0.25) is 0 Å². The van der Waals surface area contributed by atoms with Crippen molar-refractivity contribution in [2.75, 3.05) is 0 Å². The number of nitrogens with zero attached hydrogens (tertiary/aromatic N) is 1. The van der Waals surface area contributed by atoms with Crippen molar-refractivity contribution in [1.29, 1.82) is 0 Å². The summed E-state index contributed by atoms with van der Waals surface area (Å²) in [6.07, 6.45) is 6.54. The molecule has 1 heterocycles. The van der Waals surface area contributed by atoms with Crippen LogP contribution in [0.2, 0.25) is 0 Å². The van der Waals surface area contributed by atoms with Crippen molar-refractivity contribution in [1.82, 2.24) is 5.06 Å². The van der Waals surface area contributed by atoms with Crippen LogP contribution in [0.25, 0.3) is 0 Å². The van der Waals surface area contributed by atoms with Crippen LogP contribution in [-0.2, 0) is 9.63 Å². The molecule has 0 bridgehead atoms. The van der Waals surface area contributed by atoms with E-state index in [1.807, 2.05) is 0 Å². The van der Waals surface area contributed by atoms with Gasteiger partial charge in [0.15, 0.2) is 0 Å². The average Bonchev–Trinajstić information content (AvgIpc) is 2.81. The summed E-state index contributed by atoms with van der Waals surface area (Å²) < 4.78 is 0. The van der Waals surface area contributed by atoms with E-state index in [-0.39, 0.29) is 11.1 Å². The van der Waals surface area contributed by atoms with Gasteiger partial charge < -0.3 is 4.84 Å². The van der Waals surface area contributed by atoms with E-state index in [0.717, 1.165) is 19.3 Å². The van der Waals surface area contributed by atoms with Crippen LogP contribution in [0.1, 0.15) is 59.2 Å². The van der Waals surface area contributed by atoms with Crippen molar-refractivity contribution in [3.05, 3.63) is 48.0 Å². The molecule has 5 nitrogen and oxygen atoms in total. The van der Waals surface area contributed by atoms with Gasteiger partial charge in [-0.1, -0.05) is 42.5 Å². The van der Waals surface area contributed by atoms with Crippen LogP contribution < -0.4 is 0 Å². The topological polar surface area (TPSA) is 63.7 Å². The Labute approximate surface area is 134 Å². The maximum atomic E-state index is 12.7. The van der Waals surface area contributed by atoms with Gasteiger partial charge in [0.05, 0.1) is 16.5 Å². The zero-order chi connectivity index (χ0) is 16.4. The quantitative estimate of drug-likeness (QED) is 0.632. The Bertz CT molecular complexity index is 638. The molecule has 1 aromatic rings. The lowest BCUT2D eigenvalue weighted by atomic mass is 9.72. The molecule has 0 saturated heterocycles. The molecule has 1 aliphatic carbocycles. The maximum Gasteiger partial charge on any atom is 0.339 e. The zero-order valence-electron chi connectivity index (χ0n) is 12.9. The molecule has 23 heavy (non-hydrogen) atoms. The Morgan fingerprint density at radius 3 is 2.22 bits per heavy atom. The van der Waals surface area contributed by atoms with Gasteiger partial charge in [0.1, 0.15) is 0 Å². The van der Waals surface area contributed by atoms with Crippen LogP contribution >= 0.6 is 0 Å². The summed E-state index contributed by atoms with van der Waals surface area (Å²) in [5, 5.41) is 0.604. The number of allylic oxidation sites excluding steroid dienone is 1. The predicted molar refractivity (Wildman–Crippen MR) is 83.4 cm³/mol. The molecule has 2 amide bonds. The van der Waals surface area contributed by atoms with Crippen LogP contribution in [0.4, 0.5) is 0 Å². The molecule has 5 heteroatoms. The van der Waals surface area contributed by atoms with Crippen molar-refractivity contribution < 1.29 is 19.2 Å². The Balaban J connectivity index is 1.81. The van der Waals surface area contributed by atoms with Crippen LogP contribution in [0, 0.1) is 5.41 Å². The summed E-state index contributed by atoms with van der Waals surface area (Å²) in [6, 6.07) is 6.47. The number of hydroxylamine groups is 2. The first-order chi connectivity index (χ1) is 11.1. The Hall–Kier alpha value is -2.43. The summed E-state index contributed by atoms with van der Waals surface area (Å²) in [4.78, 5) is 42.5. The van der Waals surface area contributed by atoms with E-state index in [4.69, 9.17) is 4.84 Å². The molecule has 120 valence electrons. The molecular formula is C18H19NO4. The van der Waals surface area contributed by atoms with Crippen molar-refractivity contribution >= 4 is 17.8 Å². The fraction of sp³-hybridized carbons (Fsp3) is 0.389. The van der Waals surface area contributed by atoms with Crippen LogP contribution in [0.15, 0.2) is 36.9 Å². The van der Waals surface area contributed by atoms with Crippen molar-refractivity contribution in [2.45, 2.75) is 38.5 Å². The lowest BCUT2D eigenvalue weighted by Gasteiger charge is -2.34. The Morgan fingerprint density at radius 1 is 1.13 bits per heavy atom. The smallest absolute Gasteiger partial charge is 0.329 e. The summed E-state index contributed by atoms with van der Waals surface area (Å²) >= 11 is 0. The fourth-order valence-electron chi connectivity index (χ4n) is 3.43. The molecule has 0 radical (unpaired) electrons. The lowest BCUT2D eigenvalue weighted by molar-refractivity contribution is -0.183. The number of hydrogen-bond acceptors (Lipinski definition) is 4. The number of fused-ring (bicyclic) bond motifs is 1. The fourth-order valence-corrected chi connectivity index (χ4v) is 3.43. The first kappa shape index (κ1) is 15.5. The predicted octanol–water partition coefficient (Wildman–Crippen LogP) is 3.27. The van der Waals surface area contributed by atoms with Crippen LogP contribution in [0.5, 0.6) is 0 Å². The second kappa shape index (κ2) is 5.99. The molecule has 0 N–H and O–H groups in total.